The van der Waals surface area contributed by atoms with E-state index in [0.29, 0.717) is 30.5 Å². The Morgan fingerprint density at radius 1 is 1.21 bits per heavy atom. The Hall–Kier alpha value is -2.67. The van der Waals surface area contributed by atoms with Crippen LogP contribution in [0.25, 0.3) is 0 Å². The van der Waals surface area contributed by atoms with Gasteiger partial charge in [0.1, 0.15) is 5.69 Å². The number of benzene rings is 1. The largest absolute Gasteiger partial charge is 0.383 e. The first-order valence-corrected chi connectivity index (χ1v) is 7.67. The summed E-state index contributed by atoms with van der Waals surface area (Å²) in [5.41, 5.74) is 3.00. The van der Waals surface area contributed by atoms with Crippen molar-refractivity contribution in [2.24, 2.45) is 0 Å². The zero-order valence-corrected chi connectivity index (χ0v) is 14.5. The molecule has 2 aromatic rings. The van der Waals surface area contributed by atoms with Crippen molar-refractivity contribution in [1.29, 1.82) is 0 Å². The number of anilines is 3. The highest BCUT2D eigenvalue weighted by atomic mass is 16.5. The van der Waals surface area contributed by atoms with E-state index in [2.05, 4.69) is 20.6 Å². The minimum absolute atomic E-state index is 0.247. The lowest BCUT2D eigenvalue weighted by Gasteiger charge is -2.13. The van der Waals surface area contributed by atoms with Gasteiger partial charge in [-0.1, -0.05) is 0 Å². The van der Waals surface area contributed by atoms with Crippen LogP contribution in [0.2, 0.25) is 0 Å². The van der Waals surface area contributed by atoms with E-state index in [1.54, 1.807) is 13.2 Å². The van der Waals surface area contributed by atoms with Gasteiger partial charge in [-0.25, -0.2) is 9.97 Å². The zero-order chi connectivity index (χ0) is 17.5. The molecule has 0 aliphatic carbocycles. The standard InChI is InChI=1S/C17H23N5O2/c1-12-11-15(16(23)18-9-10-24-4)21-17(19-12)20-13-5-7-14(8-6-13)22(2)3/h5-8,11H,9-10H2,1-4H3,(H,18,23)(H,19,20,21). The Bertz CT molecular complexity index is 686. The monoisotopic (exact) mass is 329 g/mol. The molecule has 0 spiro atoms. The molecule has 0 saturated carbocycles. The van der Waals surface area contributed by atoms with Crippen LogP contribution in [0.1, 0.15) is 16.2 Å². The van der Waals surface area contributed by atoms with Gasteiger partial charge < -0.3 is 20.3 Å². The van der Waals surface area contributed by atoms with Crippen LogP contribution in [-0.2, 0) is 4.74 Å². The first-order chi connectivity index (χ1) is 11.5. The number of aromatic nitrogens is 2. The molecule has 0 saturated heterocycles. The molecule has 128 valence electrons. The maximum atomic E-state index is 12.1. The molecule has 7 nitrogen and oxygen atoms in total. The smallest absolute Gasteiger partial charge is 0.270 e. The molecule has 0 fully saturated rings. The highest BCUT2D eigenvalue weighted by Gasteiger charge is 2.10. The SMILES string of the molecule is COCCNC(=O)c1cc(C)nc(Nc2ccc(N(C)C)cc2)n1. The van der Waals surface area contributed by atoms with Gasteiger partial charge in [0.05, 0.1) is 6.61 Å². The van der Waals surface area contributed by atoms with Crippen molar-refractivity contribution >= 4 is 23.2 Å². The lowest BCUT2D eigenvalue weighted by Crippen LogP contribution is -2.28. The summed E-state index contributed by atoms with van der Waals surface area (Å²) in [6.07, 6.45) is 0. The zero-order valence-electron chi connectivity index (χ0n) is 14.5. The summed E-state index contributed by atoms with van der Waals surface area (Å²) < 4.78 is 4.92. The van der Waals surface area contributed by atoms with Crippen molar-refractivity contribution < 1.29 is 9.53 Å². The average Bonchev–Trinajstić information content (AvgIpc) is 2.55. The Morgan fingerprint density at radius 2 is 1.92 bits per heavy atom. The van der Waals surface area contributed by atoms with E-state index in [4.69, 9.17) is 4.74 Å². The molecule has 0 unspecified atom stereocenters. The van der Waals surface area contributed by atoms with Crippen molar-refractivity contribution in [3.8, 4) is 0 Å². The van der Waals surface area contributed by atoms with Gasteiger partial charge in [0.25, 0.3) is 5.91 Å². The predicted molar refractivity (Wildman–Crippen MR) is 95.0 cm³/mol. The van der Waals surface area contributed by atoms with Crippen molar-refractivity contribution in [3.05, 3.63) is 41.7 Å². The lowest BCUT2D eigenvalue weighted by atomic mass is 10.2. The van der Waals surface area contributed by atoms with Crippen LogP contribution in [0.5, 0.6) is 0 Å². The van der Waals surface area contributed by atoms with Gasteiger partial charge in [-0.05, 0) is 37.3 Å². The summed E-state index contributed by atoms with van der Waals surface area (Å²) in [6, 6.07) is 9.54. The summed E-state index contributed by atoms with van der Waals surface area (Å²) in [5.74, 6) is 0.146. The van der Waals surface area contributed by atoms with E-state index < -0.39 is 0 Å². The fraction of sp³-hybridized carbons (Fsp3) is 0.353. The molecule has 0 aliphatic heterocycles. The van der Waals surface area contributed by atoms with Gasteiger partial charge in [-0.2, -0.15) is 0 Å². The number of aryl methyl sites for hydroxylation is 1. The second-order valence-electron chi connectivity index (χ2n) is 5.53. The van der Waals surface area contributed by atoms with Crippen LogP contribution >= 0.6 is 0 Å². The first kappa shape index (κ1) is 17.7. The van der Waals surface area contributed by atoms with Crippen LogP contribution in [0, 0.1) is 6.92 Å². The second kappa shape index (κ2) is 8.26. The number of methoxy groups -OCH3 is 1. The van der Waals surface area contributed by atoms with Crippen LogP contribution in [0.15, 0.2) is 30.3 Å². The topological polar surface area (TPSA) is 79.4 Å². The molecule has 2 N–H and O–H groups in total. The van der Waals surface area contributed by atoms with E-state index in [1.165, 1.54) is 0 Å². The van der Waals surface area contributed by atoms with Crippen molar-refractivity contribution in [1.82, 2.24) is 15.3 Å². The fourth-order valence-corrected chi connectivity index (χ4v) is 2.07. The average molecular weight is 329 g/mol. The van der Waals surface area contributed by atoms with Crippen LogP contribution in [0.4, 0.5) is 17.3 Å². The van der Waals surface area contributed by atoms with Crippen LogP contribution in [-0.4, -0.2) is 50.2 Å². The fourth-order valence-electron chi connectivity index (χ4n) is 2.07. The minimum Gasteiger partial charge on any atom is -0.383 e. The summed E-state index contributed by atoms with van der Waals surface area (Å²) in [5, 5.41) is 5.88. The number of carbonyl (C=O) groups is 1. The predicted octanol–water partition coefficient (Wildman–Crippen LogP) is 1.97. The summed E-state index contributed by atoms with van der Waals surface area (Å²) in [6.45, 7) is 2.72. The van der Waals surface area contributed by atoms with Gasteiger partial charge in [0.2, 0.25) is 5.95 Å². The molecule has 1 heterocycles. The molecule has 7 heteroatoms. The number of nitrogens with zero attached hydrogens (tertiary/aromatic N) is 3. The molecule has 0 radical (unpaired) electrons. The molecular weight excluding hydrogens is 306 g/mol. The molecule has 24 heavy (non-hydrogen) atoms. The van der Waals surface area contributed by atoms with Gasteiger partial charge in [0.15, 0.2) is 0 Å². The Balaban J connectivity index is 2.11. The highest BCUT2D eigenvalue weighted by Crippen LogP contribution is 2.18. The summed E-state index contributed by atoms with van der Waals surface area (Å²) in [7, 11) is 5.56. The van der Waals surface area contributed by atoms with E-state index in [0.717, 1.165) is 11.4 Å². The van der Waals surface area contributed by atoms with Gasteiger partial charge in [0, 0.05) is 44.8 Å². The third-order valence-corrected chi connectivity index (χ3v) is 3.32. The summed E-state index contributed by atoms with van der Waals surface area (Å²) in [4.78, 5) is 22.7. The van der Waals surface area contributed by atoms with E-state index >= 15 is 0 Å². The Morgan fingerprint density at radius 3 is 2.54 bits per heavy atom. The summed E-state index contributed by atoms with van der Waals surface area (Å²) >= 11 is 0. The normalized spacial score (nSPS) is 10.3. The third-order valence-electron chi connectivity index (χ3n) is 3.32. The molecule has 0 bridgehead atoms. The van der Waals surface area contributed by atoms with Crippen LogP contribution < -0.4 is 15.5 Å². The minimum atomic E-state index is -0.247. The van der Waals surface area contributed by atoms with E-state index in [1.807, 2.05) is 50.2 Å². The van der Waals surface area contributed by atoms with Crippen LogP contribution in [0.3, 0.4) is 0 Å². The highest BCUT2D eigenvalue weighted by molar-refractivity contribution is 5.92. The molecule has 1 aromatic carbocycles. The molecule has 1 aromatic heterocycles. The molecule has 2 rings (SSSR count). The maximum Gasteiger partial charge on any atom is 0.270 e. The number of amides is 1. The van der Waals surface area contributed by atoms with Crippen molar-refractivity contribution in [3.63, 3.8) is 0 Å². The van der Waals surface area contributed by atoms with Crippen molar-refractivity contribution in [2.75, 3.05) is 44.6 Å². The van der Waals surface area contributed by atoms with E-state index in [-0.39, 0.29) is 5.91 Å². The Labute approximate surface area is 142 Å². The van der Waals surface area contributed by atoms with Gasteiger partial charge in [-0.15, -0.1) is 0 Å². The number of hydrogen-bond acceptors (Lipinski definition) is 6. The maximum absolute atomic E-state index is 12.1. The Kier molecular flexibility index (Phi) is 6.08. The number of carbonyl (C=O) groups excluding carboxylic acids is 1. The third kappa shape index (κ3) is 4.92. The number of rotatable bonds is 7. The lowest BCUT2D eigenvalue weighted by molar-refractivity contribution is 0.0932. The number of ether oxygens (including phenoxy) is 1. The van der Waals surface area contributed by atoms with Crippen molar-refractivity contribution in [2.45, 2.75) is 6.92 Å². The van der Waals surface area contributed by atoms with Gasteiger partial charge >= 0.3 is 0 Å². The quantitative estimate of drug-likeness (QED) is 0.756. The molecule has 0 aliphatic rings. The van der Waals surface area contributed by atoms with Gasteiger partial charge in [-0.3, -0.25) is 4.79 Å². The first-order valence-electron chi connectivity index (χ1n) is 7.67. The second-order valence-corrected chi connectivity index (χ2v) is 5.53. The molecule has 0 atom stereocenters. The molecular formula is C17H23N5O2. The number of hydrogen-bond donors (Lipinski definition) is 2. The number of nitrogens with one attached hydrogen (secondary N) is 2. The van der Waals surface area contributed by atoms with E-state index in [9.17, 15) is 4.79 Å². The molecule has 1 amide bonds.